The second-order valence-electron chi connectivity index (χ2n) is 11.8. The Labute approximate surface area is 212 Å². The molecule has 4 rings (SSSR count). The molecule has 186 valence electrons. The van der Waals surface area contributed by atoms with Crippen LogP contribution in [0.25, 0.3) is 21.5 Å². The highest BCUT2D eigenvalue weighted by Gasteiger charge is 2.22. The first kappa shape index (κ1) is 25.4. The summed E-state index contributed by atoms with van der Waals surface area (Å²) in [4.78, 5) is 23.9. The third-order valence-corrected chi connectivity index (χ3v) is 6.30. The van der Waals surface area contributed by atoms with Crippen molar-refractivity contribution in [3.63, 3.8) is 0 Å². The molecule has 0 bridgehead atoms. The molecular formula is C32H34O4. The molecule has 0 fully saturated rings. The molecule has 1 N–H and O–H groups in total. The Morgan fingerprint density at radius 1 is 0.667 bits per heavy atom. The number of carboxylic acids is 1. The van der Waals surface area contributed by atoms with Crippen LogP contribution in [-0.4, -0.2) is 23.7 Å². The van der Waals surface area contributed by atoms with E-state index >= 15 is 0 Å². The molecule has 4 aromatic rings. The van der Waals surface area contributed by atoms with Crippen molar-refractivity contribution >= 4 is 33.5 Å². The van der Waals surface area contributed by atoms with Crippen LogP contribution in [0.3, 0.4) is 0 Å². The van der Waals surface area contributed by atoms with Gasteiger partial charge >= 0.3 is 11.9 Å². The van der Waals surface area contributed by atoms with Gasteiger partial charge in [-0.2, -0.15) is 0 Å². The van der Waals surface area contributed by atoms with Crippen molar-refractivity contribution in [1.82, 2.24) is 0 Å². The van der Waals surface area contributed by atoms with E-state index in [1.807, 2.05) is 0 Å². The lowest BCUT2D eigenvalue weighted by Crippen LogP contribution is -2.24. The maximum atomic E-state index is 12.8. The summed E-state index contributed by atoms with van der Waals surface area (Å²) in [7, 11) is 0. The Bertz CT molecular complexity index is 1440. The minimum Gasteiger partial charge on any atom is -0.478 e. The second-order valence-corrected chi connectivity index (χ2v) is 11.8. The molecule has 0 aliphatic carbocycles. The number of esters is 1. The molecular weight excluding hydrogens is 448 g/mol. The van der Waals surface area contributed by atoms with Gasteiger partial charge in [0, 0.05) is 5.41 Å². The van der Waals surface area contributed by atoms with E-state index in [0.29, 0.717) is 12.2 Å². The topological polar surface area (TPSA) is 63.6 Å². The summed E-state index contributed by atoms with van der Waals surface area (Å²) in [5.74, 6) is -1.35. The molecule has 0 atom stereocenters. The van der Waals surface area contributed by atoms with Crippen LogP contribution in [0.4, 0.5) is 0 Å². The maximum absolute atomic E-state index is 12.8. The average Bonchev–Trinajstić information content (AvgIpc) is 2.80. The summed E-state index contributed by atoms with van der Waals surface area (Å²) < 4.78 is 5.69. The van der Waals surface area contributed by atoms with Gasteiger partial charge in [0.05, 0.1) is 17.7 Å². The zero-order chi connectivity index (χ0) is 26.1. The molecule has 0 radical (unpaired) electrons. The molecule has 0 aliphatic rings. The third-order valence-electron chi connectivity index (χ3n) is 6.30. The van der Waals surface area contributed by atoms with Gasteiger partial charge in [-0.05, 0) is 75.2 Å². The number of aromatic carboxylic acids is 1. The van der Waals surface area contributed by atoms with Gasteiger partial charge in [-0.1, -0.05) is 83.1 Å². The minimum absolute atomic E-state index is 0.221. The van der Waals surface area contributed by atoms with Crippen molar-refractivity contribution in [2.75, 3.05) is 6.61 Å². The molecule has 0 heterocycles. The molecule has 0 saturated heterocycles. The van der Waals surface area contributed by atoms with Crippen molar-refractivity contribution < 1.29 is 19.4 Å². The van der Waals surface area contributed by atoms with Crippen molar-refractivity contribution in [2.24, 2.45) is 10.8 Å². The van der Waals surface area contributed by atoms with Crippen LogP contribution in [0.15, 0.2) is 72.8 Å². The number of carboxylic acid groups (broad SMARTS) is 1. The number of hydrogen-bond donors (Lipinski definition) is 1. The number of carbonyl (C=O) groups is 2. The SMILES string of the molecule is CC(C)(C)Cc1ccc2cc(CC(C)(C)COC(=O)c3ccc4cc(C(=O)O)ccc4c3)ccc2c1. The predicted molar refractivity (Wildman–Crippen MR) is 146 cm³/mol. The fourth-order valence-corrected chi connectivity index (χ4v) is 4.63. The van der Waals surface area contributed by atoms with E-state index in [9.17, 15) is 9.59 Å². The zero-order valence-electron chi connectivity index (χ0n) is 21.7. The average molecular weight is 483 g/mol. The van der Waals surface area contributed by atoms with E-state index < -0.39 is 5.97 Å². The molecule has 0 saturated carbocycles. The molecule has 0 spiro atoms. The molecule has 36 heavy (non-hydrogen) atoms. The quantitative estimate of drug-likeness (QED) is 0.274. The smallest absolute Gasteiger partial charge is 0.338 e. The lowest BCUT2D eigenvalue weighted by Gasteiger charge is -2.24. The molecule has 0 aliphatic heterocycles. The fraction of sp³-hybridized carbons (Fsp3) is 0.312. The van der Waals surface area contributed by atoms with Crippen LogP contribution >= 0.6 is 0 Å². The highest BCUT2D eigenvalue weighted by Crippen LogP contribution is 2.28. The van der Waals surface area contributed by atoms with Crippen LogP contribution in [0.1, 0.15) is 66.5 Å². The fourth-order valence-electron chi connectivity index (χ4n) is 4.63. The highest BCUT2D eigenvalue weighted by molar-refractivity contribution is 5.98. The Kier molecular flexibility index (Phi) is 6.90. The number of ether oxygens (including phenoxy) is 1. The third kappa shape index (κ3) is 6.31. The Morgan fingerprint density at radius 2 is 1.14 bits per heavy atom. The summed E-state index contributed by atoms with van der Waals surface area (Å²) in [5, 5.41) is 13.2. The number of carbonyl (C=O) groups excluding carboxylic acids is 1. The molecule has 0 aromatic heterocycles. The van der Waals surface area contributed by atoms with E-state index in [4.69, 9.17) is 9.84 Å². The Hall–Kier alpha value is -3.66. The van der Waals surface area contributed by atoms with Crippen LogP contribution < -0.4 is 0 Å². The Morgan fingerprint density at radius 3 is 1.69 bits per heavy atom. The van der Waals surface area contributed by atoms with E-state index in [1.165, 1.54) is 28.0 Å². The lowest BCUT2D eigenvalue weighted by atomic mass is 9.85. The van der Waals surface area contributed by atoms with Gasteiger partial charge in [0.25, 0.3) is 0 Å². The van der Waals surface area contributed by atoms with E-state index in [-0.39, 0.29) is 22.4 Å². The van der Waals surface area contributed by atoms with Gasteiger partial charge < -0.3 is 9.84 Å². The summed E-state index contributed by atoms with van der Waals surface area (Å²) in [6, 6.07) is 23.3. The number of benzene rings is 4. The number of hydrogen-bond acceptors (Lipinski definition) is 3. The molecule has 0 amide bonds. The molecule has 4 heteroatoms. The summed E-state index contributed by atoms with van der Waals surface area (Å²) >= 11 is 0. The van der Waals surface area contributed by atoms with Gasteiger partial charge in [-0.25, -0.2) is 9.59 Å². The maximum Gasteiger partial charge on any atom is 0.338 e. The standard InChI is InChI=1S/C32H34O4/c1-31(2,3)18-21-6-8-24-15-22(7-9-23(24)14-21)19-32(4,5)20-36-30(35)28-13-11-25-16-27(29(33)34)12-10-26(25)17-28/h6-17H,18-20H2,1-5H3,(H,33,34). The van der Waals surface area contributed by atoms with Crippen molar-refractivity contribution in [2.45, 2.75) is 47.5 Å². The predicted octanol–water partition coefficient (Wildman–Crippen LogP) is 7.71. The van der Waals surface area contributed by atoms with Crippen LogP contribution in [0.5, 0.6) is 0 Å². The van der Waals surface area contributed by atoms with Crippen molar-refractivity contribution in [3.8, 4) is 0 Å². The van der Waals surface area contributed by atoms with Gasteiger partial charge in [0.1, 0.15) is 0 Å². The molecule has 4 nitrogen and oxygen atoms in total. The van der Waals surface area contributed by atoms with Gasteiger partial charge in [-0.3, -0.25) is 0 Å². The first-order valence-electron chi connectivity index (χ1n) is 12.3. The zero-order valence-corrected chi connectivity index (χ0v) is 21.7. The largest absolute Gasteiger partial charge is 0.478 e. The van der Waals surface area contributed by atoms with Crippen molar-refractivity contribution in [1.29, 1.82) is 0 Å². The van der Waals surface area contributed by atoms with Crippen molar-refractivity contribution in [3.05, 3.63) is 95.1 Å². The minimum atomic E-state index is -0.973. The monoisotopic (exact) mass is 482 g/mol. The van der Waals surface area contributed by atoms with E-state index in [2.05, 4.69) is 71.0 Å². The van der Waals surface area contributed by atoms with E-state index in [0.717, 1.165) is 23.6 Å². The first-order valence-corrected chi connectivity index (χ1v) is 12.3. The lowest BCUT2D eigenvalue weighted by molar-refractivity contribution is 0.0341. The number of fused-ring (bicyclic) bond motifs is 2. The summed E-state index contributed by atoms with van der Waals surface area (Å²) in [5.41, 5.74) is 3.27. The van der Waals surface area contributed by atoms with Crippen LogP contribution in [0.2, 0.25) is 0 Å². The summed E-state index contributed by atoms with van der Waals surface area (Å²) in [6.45, 7) is 11.3. The van der Waals surface area contributed by atoms with Gasteiger partial charge in [0.15, 0.2) is 0 Å². The van der Waals surface area contributed by atoms with E-state index in [1.54, 1.807) is 30.3 Å². The van der Waals surface area contributed by atoms with Crippen LogP contribution in [-0.2, 0) is 17.6 Å². The molecule has 0 unspecified atom stereocenters. The second kappa shape index (κ2) is 9.77. The molecule has 4 aromatic carbocycles. The highest BCUT2D eigenvalue weighted by atomic mass is 16.5. The van der Waals surface area contributed by atoms with Crippen LogP contribution in [0, 0.1) is 10.8 Å². The van der Waals surface area contributed by atoms with Gasteiger partial charge in [0.2, 0.25) is 0 Å². The number of rotatable bonds is 7. The van der Waals surface area contributed by atoms with Gasteiger partial charge in [-0.15, -0.1) is 0 Å². The summed E-state index contributed by atoms with van der Waals surface area (Å²) in [6.07, 6.45) is 1.83. The normalized spacial score (nSPS) is 12.1. The first-order chi connectivity index (χ1) is 16.9. The Balaban J connectivity index is 1.41.